The van der Waals surface area contributed by atoms with E-state index in [1.807, 2.05) is 0 Å². The van der Waals surface area contributed by atoms with Crippen LogP contribution in [0.3, 0.4) is 0 Å². The van der Waals surface area contributed by atoms with Crippen LogP contribution in [-0.2, 0) is 0 Å². The summed E-state index contributed by atoms with van der Waals surface area (Å²) >= 11 is 4.15. The van der Waals surface area contributed by atoms with Crippen molar-refractivity contribution in [3.8, 4) is 0 Å². The molecule has 0 aliphatic rings. The van der Waals surface area contributed by atoms with Crippen LogP contribution in [-0.4, -0.2) is 30.3 Å². The lowest BCUT2D eigenvalue weighted by molar-refractivity contribution is 0.267. The number of hydrogen-bond donors (Lipinski definition) is 1. The highest BCUT2D eigenvalue weighted by molar-refractivity contribution is 7.80. The van der Waals surface area contributed by atoms with Crippen molar-refractivity contribution in [3.63, 3.8) is 0 Å². The average Bonchev–Trinajstić information content (AvgIpc) is 1.87. The fraction of sp³-hybridized carbons (Fsp3) is 1.00. The maximum Gasteiger partial charge on any atom is 0.00696 e. The molecular formula is C7H17NS. The van der Waals surface area contributed by atoms with Crippen LogP contribution in [0.4, 0.5) is 0 Å². The lowest BCUT2D eigenvalue weighted by Gasteiger charge is -2.21. The van der Waals surface area contributed by atoms with E-state index in [1.54, 1.807) is 0 Å². The van der Waals surface area contributed by atoms with Gasteiger partial charge in [0.25, 0.3) is 0 Å². The molecule has 0 radical (unpaired) electrons. The molecule has 1 unspecified atom stereocenters. The first-order valence-corrected chi connectivity index (χ1v) is 4.16. The molecule has 0 saturated carbocycles. The summed E-state index contributed by atoms with van der Waals surface area (Å²) in [6, 6.07) is 0.706. The minimum atomic E-state index is 0.706. The minimum Gasteiger partial charge on any atom is -0.303 e. The molecule has 0 fully saturated rings. The summed E-state index contributed by atoms with van der Waals surface area (Å²) in [6.45, 7) is 5.54. The van der Waals surface area contributed by atoms with Crippen LogP contribution in [0, 0.1) is 0 Å². The molecule has 0 aliphatic heterocycles. The van der Waals surface area contributed by atoms with Crippen molar-refractivity contribution in [3.05, 3.63) is 0 Å². The van der Waals surface area contributed by atoms with Gasteiger partial charge in [-0.3, -0.25) is 0 Å². The first-order valence-electron chi connectivity index (χ1n) is 3.53. The molecule has 1 atom stereocenters. The van der Waals surface area contributed by atoms with Gasteiger partial charge in [0, 0.05) is 18.3 Å². The van der Waals surface area contributed by atoms with Gasteiger partial charge in [-0.05, 0) is 20.4 Å². The van der Waals surface area contributed by atoms with E-state index in [2.05, 4.69) is 38.4 Å². The molecule has 0 aromatic rings. The van der Waals surface area contributed by atoms with Crippen molar-refractivity contribution in [1.29, 1.82) is 0 Å². The Morgan fingerprint density at radius 3 is 2.44 bits per heavy atom. The highest BCUT2D eigenvalue weighted by Crippen LogP contribution is 1.98. The fourth-order valence-corrected chi connectivity index (χ4v) is 1.01. The second-order valence-corrected chi connectivity index (χ2v) is 2.91. The van der Waals surface area contributed by atoms with Gasteiger partial charge < -0.3 is 4.90 Å². The van der Waals surface area contributed by atoms with Crippen molar-refractivity contribution >= 4 is 12.6 Å². The van der Waals surface area contributed by atoms with Gasteiger partial charge in [-0.1, -0.05) is 6.92 Å². The summed E-state index contributed by atoms with van der Waals surface area (Å²) in [7, 11) is 2.14. The number of nitrogens with zero attached hydrogens (tertiary/aromatic N) is 1. The summed E-state index contributed by atoms with van der Waals surface area (Å²) in [5.74, 6) is 0.959. The molecule has 0 amide bonds. The maximum atomic E-state index is 4.15. The topological polar surface area (TPSA) is 3.24 Å². The van der Waals surface area contributed by atoms with E-state index in [9.17, 15) is 0 Å². The number of rotatable bonds is 4. The molecular weight excluding hydrogens is 130 g/mol. The van der Waals surface area contributed by atoms with Gasteiger partial charge in [0.15, 0.2) is 0 Å². The van der Waals surface area contributed by atoms with E-state index in [-0.39, 0.29) is 0 Å². The first-order chi connectivity index (χ1) is 4.22. The lowest BCUT2D eigenvalue weighted by Crippen LogP contribution is -2.29. The quantitative estimate of drug-likeness (QED) is 0.592. The normalized spacial score (nSPS) is 14.3. The molecule has 0 bridgehead atoms. The molecule has 2 heteroatoms. The summed E-state index contributed by atoms with van der Waals surface area (Å²) in [5, 5.41) is 0. The Balaban J connectivity index is 3.32. The van der Waals surface area contributed by atoms with E-state index < -0.39 is 0 Å². The molecule has 0 rings (SSSR count). The maximum absolute atomic E-state index is 4.15. The Morgan fingerprint density at radius 2 is 2.11 bits per heavy atom. The van der Waals surface area contributed by atoms with Crippen molar-refractivity contribution in [1.82, 2.24) is 4.90 Å². The monoisotopic (exact) mass is 147 g/mol. The summed E-state index contributed by atoms with van der Waals surface area (Å²) in [4.78, 5) is 2.33. The molecule has 0 heterocycles. The molecule has 0 aromatic heterocycles. The Bertz CT molecular complexity index is 65.9. The highest BCUT2D eigenvalue weighted by Gasteiger charge is 2.03. The largest absolute Gasteiger partial charge is 0.303 e. The molecule has 9 heavy (non-hydrogen) atoms. The predicted molar refractivity (Wildman–Crippen MR) is 46.2 cm³/mol. The van der Waals surface area contributed by atoms with Crippen molar-refractivity contribution < 1.29 is 0 Å². The van der Waals surface area contributed by atoms with Crippen LogP contribution in [0.2, 0.25) is 0 Å². The number of thiol groups is 1. The van der Waals surface area contributed by atoms with E-state index in [0.29, 0.717) is 6.04 Å². The van der Waals surface area contributed by atoms with Gasteiger partial charge >= 0.3 is 0 Å². The third-order valence-electron chi connectivity index (χ3n) is 1.80. The lowest BCUT2D eigenvalue weighted by atomic mass is 10.2. The summed E-state index contributed by atoms with van der Waals surface area (Å²) in [6.07, 6.45) is 1.23. The predicted octanol–water partition coefficient (Wildman–Crippen LogP) is 1.65. The third-order valence-corrected chi connectivity index (χ3v) is 2.00. The van der Waals surface area contributed by atoms with Crippen LogP contribution in [0.1, 0.15) is 20.3 Å². The Labute approximate surface area is 63.8 Å². The molecule has 0 spiro atoms. The minimum absolute atomic E-state index is 0.706. The number of hydrogen-bond acceptors (Lipinski definition) is 2. The molecule has 0 aromatic carbocycles. The summed E-state index contributed by atoms with van der Waals surface area (Å²) < 4.78 is 0. The van der Waals surface area contributed by atoms with Crippen LogP contribution in [0.25, 0.3) is 0 Å². The van der Waals surface area contributed by atoms with Crippen LogP contribution in [0.15, 0.2) is 0 Å². The van der Waals surface area contributed by atoms with E-state index in [4.69, 9.17) is 0 Å². The molecule has 1 nitrogen and oxygen atoms in total. The van der Waals surface area contributed by atoms with Gasteiger partial charge in [0.1, 0.15) is 0 Å². The average molecular weight is 147 g/mol. The van der Waals surface area contributed by atoms with Crippen LogP contribution in [0.5, 0.6) is 0 Å². The van der Waals surface area contributed by atoms with E-state index in [0.717, 1.165) is 12.3 Å². The third kappa shape index (κ3) is 3.82. The van der Waals surface area contributed by atoms with Gasteiger partial charge in [0.2, 0.25) is 0 Å². The Hall–Kier alpha value is 0.310. The molecule has 0 saturated heterocycles. The Morgan fingerprint density at radius 1 is 1.56 bits per heavy atom. The Kier molecular flexibility index (Phi) is 5.30. The molecule has 56 valence electrons. The SMILES string of the molecule is CCC(C)N(C)CCS. The van der Waals surface area contributed by atoms with E-state index in [1.165, 1.54) is 6.42 Å². The second kappa shape index (κ2) is 5.12. The summed E-state index contributed by atoms with van der Waals surface area (Å²) in [5.41, 5.74) is 0. The van der Waals surface area contributed by atoms with Gasteiger partial charge in [-0.25, -0.2) is 0 Å². The van der Waals surface area contributed by atoms with Gasteiger partial charge in [0.05, 0.1) is 0 Å². The second-order valence-electron chi connectivity index (χ2n) is 2.46. The smallest absolute Gasteiger partial charge is 0.00696 e. The van der Waals surface area contributed by atoms with Crippen LogP contribution < -0.4 is 0 Å². The first kappa shape index (κ1) is 9.31. The fourth-order valence-electron chi connectivity index (χ4n) is 0.690. The highest BCUT2D eigenvalue weighted by atomic mass is 32.1. The van der Waals surface area contributed by atoms with Crippen molar-refractivity contribution in [2.45, 2.75) is 26.3 Å². The standard InChI is InChI=1S/C7H17NS/c1-4-7(2)8(3)5-6-9/h7,9H,4-6H2,1-3H3. The van der Waals surface area contributed by atoms with Crippen molar-refractivity contribution in [2.75, 3.05) is 19.3 Å². The molecule has 0 N–H and O–H groups in total. The zero-order valence-electron chi connectivity index (χ0n) is 6.59. The van der Waals surface area contributed by atoms with Crippen LogP contribution >= 0.6 is 12.6 Å². The van der Waals surface area contributed by atoms with Crippen molar-refractivity contribution in [2.24, 2.45) is 0 Å². The van der Waals surface area contributed by atoms with E-state index >= 15 is 0 Å². The zero-order chi connectivity index (χ0) is 7.28. The zero-order valence-corrected chi connectivity index (χ0v) is 7.49. The van der Waals surface area contributed by atoms with Gasteiger partial charge in [-0.2, -0.15) is 12.6 Å². The van der Waals surface area contributed by atoms with Gasteiger partial charge in [-0.15, -0.1) is 0 Å². The molecule has 0 aliphatic carbocycles.